The molecule has 24 heavy (non-hydrogen) atoms. The van der Waals surface area contributed by atoms with E-state index < -0.39 is 0 Å². The van der Waals surface area contributed by atoms with Gasteiger partial charge < -0.3 is 14.8 Å². The smallest absolute Gasteiger partial charge is 0.251 e. The lowest BCUT2D eigenvalue weighted by atomic mass is 10.1. The molecular formula is C19H19NO4. The number of allylic oxidation sites excluding steroid dienone is 1. The topological polar surface area (TPSA) is 64.6 Å². The van der Waals surface area contributed by atoms with E-state index in [0.717, 1.165) is 5.56 Å². The molecular weight excluding hydrogens is 306 g/mol. The molecule has 5 nitrogen and oxygen atoms in total. The van der Waals surface area contributed by atoms with Crippen molar-refractivity contribution < 1.29 is 19.1 Å². The summed E-state index contributed by atoms with van der Waals surface area (Å²) in [5, 5.41) is 2.56. The number of carbonyl (C=O) groups is 2. The molecule has 0 aliphatic rings. The van der Waals surface area contributed by atoms with Crippen molar-refractivity contribution in [1.29, 1.82) is 0 Å². The maximum Gasteiger partial charge on any atom is 0.251 e. The van der Waals surface area contributed by atoms with Crippen LogP contribution in [0.5, 0.6) is 11.5 Å². The molecule has 0 fully saturated rings. The lowest BCUT2D eigenvalue weighted by molar-refractivity contribution is 0.0962. The van der Waals surface area contributed by atoms with Gasteiger partial charge in [0.05, 0.1) is 14.2 Å². The molecule has 1 amide bonds. The fourth-order valence-electron chi connectivity index (χ4n) is 2.15. The van der Waals surface area contributed by atoms with Crippen molar-refractivity contribution >= 4 is 17.8 Å². The van der Waals surface area contributed by atoms with Gasteiger partial charge in [-0.05, 0) is 42.0 Å². The number of ketones is 1. The van der Waals surface area contributed by atoms with Crippen LogP contribution >= 0.6 is 0 Å². The molecule has 0 saturated carbocycles. The van der Waals surface area contributed by atoms with E-state index in [2.05, 4.69) is 5.32 Å². The first kappa shape index (κ1) is 17.3. The van der Waals surface area contributed by atoms with E-state index in [-0.39, 0.29) is 11.7 Å². The zero-order chi connectivity index (χ0) is 17.5. The van der Waals surface area contributed by atoms with Gasteiger partial charge in [0.1, 0.15) is 0 Å². The first-order valence-corrected chi connectivity index (χ1v) is 7.35. The third kappa shape index (κ3) is 4.01. The summed E-state index contributed by atoms with van der Waals surface area (Å²) in [5.74, 6) is 0.785. The fraction of sp³-hybridized carbons (Fsp3) is 0.158. The number of methoxy groups -OCH3 is 2. The van der Waals surface area contributed by atoms with Crippen molar-refractivity contribution in [1.82, 2.24) is 5.32 Å². The second-order valence-electron chi connectivity index (χ2n) is 4.97. The van der Waals surface area contributed by atoms with Crippen LogP contribution < -0.4 is 14.8 Å². The average molecular weight is 325 g/mol. The molecule has 0 spiro atoms. The SMILES string of the molecule is CNC(=O)c1ccc(C=CC(=O)c2ccc(OC)c(OC)c2)cc1. The highest BCUT2D eigenvalue weighted by Crippen LogP contribution is 2.27. The number of carbonyl (C=O) groups excluding carboxylic acids is 2. The minimum Gasteiger partial charge on any atom is -0.493 e. The second-order valence-corrected chi connectivity index (χ2v) is 4.97. The molecule has 0 aromatic heterocycles. The monoisotopic (exact) mass is 325 g/mol. The third-order valence-electron chi connectivity index (χ3n) is 3.50. The zero-order valence-electron chi connectivity index (χ0n) is 13.8. The van der Waals surface area contributed by atoms with Crippen molar-refractivity contribution in [3.8, 4) is 11.5 Å². The summed E-state index contributed by atoms with van der Waals surface area (Å²) in [4.78, 5) is 23.7. The van der Waals surface area contributed by atoms with E-state index in [4.69, 9.17) is 9.47 Å². The predicted octanol–water partition coefficient (Wildman–Crippen LogP) is 2.96. The van der Waals surface area contributed by atoms with Gasteiger partial charge in [0, 0.05) is 18.2 Å². The van der Waals surface area contributed by atoms with Crippen molar-refractivity contribution in [2.45, 2.75) is 0 Å². The molecule has 0 aliphatic heterocycles. The molecule has 0 aliphatic carbocycles. The van der Waals surface area contributed by atoms with Crippen LogP contribution in [0.4, 0.5) is 0 Å². The van der Waals surface area contributed by atoms with Gasteiger partial charge >= 0.3 is 0 Å². The summed E-state index contributed by atoms with van der Waals surface area (Å²) in [6.45, 7) is 0. The van der Waals surface area contributed by atoms with Crippen LogP contribution in [0, 0.1) is 0 Å². The minimum atomic E-state index is -0.147. The largest absolute Gasteiger partial charge is 0.493 e. The van der Waals surface area contributed by atoms with Crippen molar-refractivity contribution in [3.05, 3.63) is 65.2 Å². The number of nitrogens with one attached hydrogen (secondary N) is 1. The van der Waals surface area contributed by atoms with Crippen LogP contribution in [0.1, 0.15) is 26.3 Å². The molecule has 0 radical (unpaired) electrons. The van der Waals surface area contributed by atoms with Gasteiger partial charge in [-0.25, -0.2) is 0 Å². The van der Waals surface area contributed by atoms with Crippen molar-refractivity contribution in [2.24, 2.45) is 0 Å². The van der Waals surface area contributed by atoms with Crippen LogP contribution in [0.3, 0.4) is 0 Å². The van der Waals surface area contributed by atoms with Gasteiger partial charge in [-0.3, -0.25) is 9.59 Å². The van der Waals surface area contributed by atoms with Crippen LogP contribution in [0.15, 0.2) is 48.5 Å². The lowest BCUT2D eigenvalue weighted by Crippen LogP contribution is -2.17. The van der Waals surface area contributed by atoms with Crippen LogP contribution in [0.25, 0.3) is 6.08 Å². The Bertz CT molecular complexity index is 763. The Labute approximate surface area is 140 Å². The maximum absolute atomic E-state index is 12.3. The Kier molecular flexibility index (Phi) is 5.73. The van der Waals surface area contributed by atoms with Crippen LogP contribution in [0.2, 0.25) is 0 Å². The summed E-state index contributed by atoms with van der Waals surface area (Å²) >= 11 is 0. The first-order valence-electron chi connectivity index (χ1n) is 7.35. The number of rotatable bonds is 6. The Balaban J connectivity index is 2.14. The first-order chi connectivity index (χ1) is 11.6. The van der Waals surface area contributed by atoms with Crippen molar-refractivity contribution in [2.75, 3.05) is 21.3 Å². The fourth-order valence-corrected chi connectivity index (χ4v) is 2.15. The number of ether oxygens (including phenoxy) is 2. The molecule has 2 aromatic carbocycles. The van der Waals surface area contributed by atoms with Gasteiger partial charge in [0.25, 0.3) is 5.91 Å². The predicted molar refractivity (Wildman–Crippen MR) is 92.7 cm³/mol. The van der Waals surface area contributed by atoms with Gasteiger partial charge in [0.2, 0.25) is 0 Å². The molecule has 0 saturated heterocycles. The normalized spacial score (nSPS) is 10.5. The Hall–Kier alpha value is -3.08. The molecule has 0 atom stereocenters. The Morgan fingerprint density at radius 1 is 0.917 bits per heavy atom. The molecule has 2 aromatic rings. The molecule has 124 valence electrons. The van der Waals surface area contributed by atoms with Gasteiger partial charge in [0.15, 0.2) is 17.3 Å². The zero-order valence-corrected chi connectivity index (χ0v) is 13.8. The van der Waals surface area contributed by atoms with E-state index in [1.807, 2.05) is 0 Å². The molecule has 5 heteroatoms. The molecule has 1 N–H and O–H groups in total. The highest BCUT2D eigenvalue weighted by atomic mass is 16.5. The van der Waals surface area contributed by atoms with E-state index in [1.165, 1.54) is 13.2 Å². The van der Waals surface area contributed by atoms with Crippen molar-refractivity contribution in [3.63, 3.8) is 0 Å². The standard InChI is InChI=1S/C19H19NO4/c1-20-19(22)14-7-4-13(5-8-14)6-10-16(21)15-9-11-17(23-2)18(12-15)24-3/h4-12H,1-3H3,(H,20,22). The molecule has 2 rings (SSSR count). The lowest BCUT2D eigenvalue weighted by Gasteiger charge is -2.08. The Morgan fingerprint density at radius 2 is 1.54 bits per heavy atom. The van der Waals surface area contributed by atoms with E-state index in [9.17, 15) is 9.59 Å². The quantitative estimate of drug-likeness (QED) is 0.655. The van der Waals surface area contributed by atoms with E-state index >= 15 is 0 Å². The van der Waals surface area contributed by atoms with Gasteiger partial charge in [-0.1, -0.05) is 18.2 Å². The van der Waals surface area contributed by atoms with Gasteiger partial charge in [-0.2, -0.15) is 0 Å². The number of benzene rings is 2. The summed E-state index contributed by atoms with van der Waals surface area (Å²) in [6, 6.07) is 12.0. The minimum absolute atomic E-state index is 0.146. The number of hydrogen-bond acceptors (Lipinski definition) is 4. The Morgan fingerprint density at radius 3 is 2.12 bits per heavy atom. The van der Waals surface area contributed by atoms with Gasteiger partial charge in [-0.15, -0.1) is 0 Å². The van der Waals surface area contributed by atoms with E-state index in [1.54, 1.807) is 62.7 Å². The summed E-state index contributed by atoms with van der Waals surface area (Å²) in [6.07, 6.45) is 3.18. The maximum atomic E-state index is 12.3. The molecule has 0 heterocycles. The summed E-state index contributed by atoms with van der Waals surface area (Å²) < 4.78 is 10.3. The highest BCUT2D eigenvalue weighted by Gasteiger charge is 2.08. The van der Waals surface area contributed by atoms with Crippen LogP contribution in [-0.2, 0) is 0 Å². The second kappa shape index (κ2) is 7.97. The number of hydrogen-bond donors (Lipinski definition) is 1. The van der Waals surface area contributed by atoms with Crippen LogP contribution in [-0.4, -0.2) is 33.0 Å². The average Bonchev–Trinajstić information content (AvgIpc) is 2.65. The molecule has 0 unspecified atom stereocenters. The van der Waals surface area contributed by atoms with E-state index in [0.29, 0.717) is 22.6 Å². The highest BCUT2D eigenvalue weighted by molar-refractivity contribution is 6.07. The third-order valence-corrected chi connectivity index (χ3v) is 3.50. The summed E-state index contributed by atoms with van der Waals surface area (Å²) in [7, 11) is 4.65. The molecule has 0 bridgehead atoms. The summed E-state index contributed by atoms with van der Waals surface area (Å²) in [5.41, 5.74) is 1.91. The number of amides is 1.